The first-order valence-electron chi connectivity index (χ1n) is 11.9. The number of para-hydroxylation sites is 1. The third kappa shape index (κ3) is 6.32. The summed E-state index contributed by atoms with van der Waals surface area (Å²) in [6.45, 7) is 7.38. The fourth-order valence-electron chi connectivity index (χ4n) is 4.33. The summed E-state index contributed by atoms with van der Waals surface area (Å²) in [6, 6.07) is 11.3. The van der Waals surface area contributed by atoms with Crippen molar-refractivity contribution in [2.45, 2.75) is 44.4 Å². The number of halogens is 2. The molecule has 0 amide bonds. The van der Waals surface area contributed by atoms with Gasteiger partial charge in [-0.2, -0.15) is 0 Å². The highest BCUT2D eigenvalue weighted by atomic mass is 35.5. The minimum Gasteiger partial charge on any atom is -0.493 e. The van der Waals surface area contributed by atoms with Gasteiger partial charge in [0.15, 0.2) is 0 Å². The van der Waals surface area contributed by atoms with Crippen molar-refractivity contribution < 1.29 is 27.4 Å². The monoisotopic (exact) mass is 567 g/mol. The largest absolute Gasteiger partial charge is 0.493 e. The number of esters is 1. The molecule has 1 unspecified atom stereocenters. The zero-order chi connectivity index (χ0) is 27.2. The van der Waals surface area contributed by atoms with Gasteiger partial charge < -0.3 is 19.5 Å². The predicted octanol–water partition coefficient (Wildman–Crippen LogP) is 6.03. The average Bonchev–Trinajstić information content (AvgIpc) is 3.46. The highest BCUT2D eigenvalue weighted by molar-refractivity contribution is 7.95. The number of allylic oxidation sites excluding steroid dienone is 3. The van der Waals surface area contributed by atoms with Crippen LogP contribution in [0.15, 0.2) is 69.2 Å². The van der Waals surface area contributed by atoms with Crippen LogP contribution in [0.25, 0.3) is 0 Å². The highest BCUT2D eigenvalue weighted by Gasteiger charge is 2.42. The Morgan fingerprint density at radius 1 is 1.05 bits per heavy atom. The second-order valence-electron chi connectivity index (χ2n) is 8.42. The standard InChI is InChI=1S/C23H23Cl2NO5S.C4H8O/c1-5-31-17-11-6-7-12-18(17)32(28,29)22-14(3)26-13(2)19(23(27)30-4)20(22)15-9-8-10-16(24)21(15)25;1-2-4-5-3-1/h6-12,20,26H,5H2,1-4H3;1-4H2. The number of carbonyl (C=O) groups is 1. The van der Waals surface area contributed by atoms with Gasteiger partial charge in [0.2, 0.25) is 9.84 Å². The van der Waals surface area contributed by atoms with Crippen LogP contribution in [-0.2, 0) is 24.1 Å². The predicted molar refractivity (Wildman–Crippen MR) is 145 cm³/mol. The molecule has 1 saturated heterocycles. The van der Waals surface area contributed by atoms with E-state index in [-0.39, 0.29) is 31.2 Å². The van der Waals surface area contributed by atoms with E-state index in [2.05, 4.69) is 5.32 Å². The van der Waals surface area contributed by atoms with E-state index in [0.29, 0.717) is 23.6 Å². The average molecular weight is 569 g/mol. The maximum atomic E-state index is 14.0. The lowest BCUT2D eigenvalue weighted by Gasteiger charge is -2.32. The van der Waals surface area contributed by atoms with Crippen molar-refractivity contribution in [2.75, 3.05) is 26.9 Å². The lowest BCUT2D eigenvalue weighted by Crippen LogP contribution is -2.32. The van der Waals surface area contributed by atoms with E-state index in [1.165, 1.54) is 26.0 Å². The smallest absolute Gasteiger partial charge is 0.336 e. The van der Waals surface area contributed by atoms with Crippen molar-refractivity contribution in [3.63, 3.8) is 0 Å². The van der Waals surface area contributed by atoms with Gasteiger partial charge >= 0.3 is 5.97 Å². The molecule has 0 aliphatic carbocycles. The van der Waals surface area contributed by atoms with Crippen LogP contribution in [-0.4, -0.2) is 41.3 Å². The van der Waals surface area contributed by atoms with Gasteiger partial charge in [-0.25, -0.2) is 13.2 Å². The van der Waals surface area contributed by atoms with Crippen LogP contribution in [0.1, 0.15) is 45.1 Å². The summed E-state index contributed by atoms with van der Waals surface area (Å²) in [4.78, 5) is 12.8. The number of ether oxygens (including phenoxy) is 3. The Labute approximate surface area is 228 Å². The van der Waals surface area contributed by atoms with Gasteiger partial charge in [-0.1, -0.05) is 47.5 Å². The summed E-state index contributed by atoms with van der Waals surface area (Å²) in [5, 5.41) is 3.42. The van der Waals surface area contributed by atoms with E-state index in [4.69, 9.17) is 37.4 Å². The molecule has 200 valence electrons. The van der Waals surface area contributed by atoms with Crippen molar-refractivity contribution in [3.05, 3.63) is 79.9 Å². The Kier molecular flexibility index (Phi) is 10.1. The Bertz CT molecular complexity index is 1310. The molecule has 2 heterocycles. The van der Waals surface area contributed by atoms with Gasteiger partial charge in [-0.3, -0.25) is 0 Å². The van der Waals surface area contributed by atoms with E-state index < -0.39 is 21.7 Å². The number of benzene rings is 2. The number of dihydropyridines is 1. The Morgan fingerprint density at radius 2 is 1.73 bits per heavy atom. The Hall–Kier alpha value is -2.52. The highest BCUT2D eigenvalue weighted by Crippen LogP contribution is 2.47. The van der Waals surface area contributed by atoms with Crippen molar-refractivity contribution in [3.8, 4) is 5.75 Å². The van der Waals surface area contributed by atoms with Crippen LogP contribution >= 0.6 is 23.2 Å². The quantitative estimate of drug-likeness (QED) is 0.426. The van der Waals surface area contributed by atoms with Gasteiger partial charge in [0.05, 0.1) is 40.2 Å². The molecule has 1 atom stereocenters. The van der Waals surface area contributed by atoms with Crippen LogP contribution in [0.4, 0.5) is 0 Å². The number of nitrogens with one attached hydrogen (secondary N) is 1. The fraction of sp³-hybridized carbons (Fsp3) is 0.370. The minimum absolute atomic E-state index is 0.00933. The Balaban J connectivity index is 0.000000678. The van der Waals surface area contributed by atoms with Crippen LogP contribution in [0.2, 0.25) is 10.0 Å². The van der Waals surface area contributed by atoms with E-state index >= 15 is 0 Å². The molecule has 7 nitrogen and oxygen atoms in total. The molecule has 0 bridgehead atoms. The molecule has 1 fully saturated rings. The SMILES string of the molecule is C1CCOC1.CCOc1ccccc1S(=O)(=O)C1=C(C)NC(C)=C(C(=O)OC)C1c1cccc(Cl)c1Cl. The number of hydrogen-bond acceptors (Lipinski definition) is 7. The Morgan fingerprint density at radius 3 is 2.32 bits per heavy atom. The van der Waals surface area contributed by atoms with Gasteiger partial charge in [0.25, 0.3) is 0 Å². The lowest BCUT2D eigenvalue weighted by atomic mass is 9.86. The molecule has 0 radical (unpaired) electrons. The van der Waals surface area contributed by atoms with Crippen molar-refractivity contribution in [1.82, 2.24) is 5.32 Å². The van der Waals surface area contributed by atoms with Gasteiger partial charge in [0, 0.05) is 24.6 Å². The third-order valence-corrected chi connectivity index (χ3v) is 8.82. The number of rotatable bonds is 6. The summed E-state index contributed by atoms with van der Waals surface area (Å²) in [5.41, 5.74) is 1.34. The van der Waals surface area contributed by atoms with E-state index in [1.807, 2.05) is 0 Å². The second-order valence-corrected chi connectivity index (χ2v) is 11.1. The minimum atomic E-state index is -4.14. The van der Waals surface area contributed by atoms with Crippen LogP contribution < -0.4 is 10.1 Å². The summed E-state index contributed by atoms with van der Waals surface area (Å²) >= 11 is 12.8. The lowest BCUT2D eigenvalue weighted by molar-refractivity contribution is -0.136. The topological polar surface area (TPSA) is 90.9 Å². The molecule has 0 spiro atoms. The van der Waals surface area contributed by atoms with E-state index in [9.17, 15) is 13.2 Å². The van der Waals surface area contributed by atoms with Gasteiger partial charge in [-0.15, -0.1) is 0 Å². The zero-order valence-electron chi connectivity index (χ0n) is 21.3. The maximum absolute atomic E-state index is 14.0. The van der Waals surface area contributed by atoms with Gasteiger partial charge in [-0.05, 0) is 57.4 Å². The maximum Gasteiger partial charge on any atom is 0.336 e. The summed E-state index contributed by atoms with van der Waals surface area (Å²) < 4.78 is 43.5. The van der Waals surface area contributed by atoms with Crippen LogP contribution in [0.3, 0.4) is 0 Å². The molecular weight excluding hydrogens is 537 g/mol. The van der Waals surface area contributed by atoms with Crippen molar-refractivity contribution in [1.29, 1.82) is 0 Å². The normalized spacial score (nSPS) is 17.6. The molecule has 4 rings (SSSR count). The summed E-state index contributed by atoms with van der Waals surface area (Å²) in [7, 11) is -2.90. The number of methoxy groups -OCH3 is 1. The number of sulfone groups is 1. The van der Waals surface area contributed by atoms with Crippen molar-refractivity contribution >= 4 is 39.0 Å². The first kappa shape index (κ1) is 29.0. The molecule has 2 aromatic carbocycles. The van der Waals surface area contributed by atoms with Crippen molar-refractivity contribution in [2.24, 2.45) is 0 Å². The molecule has 10 heteroatoms. The summed E-state index contributed by atoms with van der Waals surface area (Å²) in [5.74, 6) is -1.49. The molecule has 2 aromatic rings. The number of hydrogen-bond donors (Lipinski definition) is 1. The fourth-order valence-corrected chi connectivity index (χ4v) is 6.64. The zero-order valence-corrected chi connectivity index (χ0v) is 23.6. The van der Waals surface area contributed by atoms with Crippen LogP contribution in [0, 0.1) is 0 Å². The molecular formula is C27H31Cl2NO6S. The summed E-state index contributed by atoms with van der Waals surface area (Å²) in [6.07, 6.45) is 2.56. The van der Waals surface area contributed by atoms with E-state index in [0.717, 1.165) is 13.2 Å². The second kappa shape index (κ2) is 12.8. The first-order chi connectivity index (χ1) is 17.6. The first-order valence-corrected chi connectivity index (χ1v) is 14.1. The third-order valence-electron chi connectivity index (χ3n) is 5.95. The molecule has 0 aromatic heterocycles. The molecule has 2 aliphatic rings. The molecule has 1 N–H and O–H groups in total. The van der Waals surface area contributed by atoms with Crippen LogP contribution in [0.5, 0.6) is 5.75 Å². The number of carbonyl (C=O) groups excluding carboxylic acids is 1. The van der Waals surface area contributed by atoms with Gasteiger partial charge in [0.1, 0.15) is 10.6 Å². The molecule has 37 heavy (non-hydrogen) atoms. The molecule has 2 aliphatic heterocycles. The van der Waals surface area contributed by atoms with E-state index in [1.54, 1.807) is 57.2 Å². The molecule has 0 saturated carbocycles.